The van der Waals surface area contributed by atoms with Gasteiger partial charge >= 0.3 is 6.09 Å². The average Bonchev–Trinajstić information content (AvgIpc) is 3.21. The summed E-state index contributed by atoms with van der Waals surface area (Å²) < 4.78 is 6.51. The third kappa shape index (κ3) is 4.16. The highest BCUT2D eigenvalue weighted by Gasteiger charge is 2.31. The molecule has 26 heavy (non-hydrogen) atoms. The zero-order chi connectivity index (χ0) is 18.4. The lowest BCUT2D eigenvalue weighted by molar-refractivity contribution is -0.136. The van der Waals surface area contributed by atoms with E-state index in [2.05, 4.69) is 15.5 Å². The molecule has 1 saturated heterocycles. The highest BCUT2D eigenvalue weighted by atomic mass is 16.6. The molecule has 9 nitrogen and oxygen atoms in total. The predicted octanol–water partition coefficient (Wildman–Crippen LogP) is 0.758. The predicted molar refractivity (Wildman–Crippen MR) is 92.2 cm³/mol. The van der Waals surface area contributed by atoms with E-state index in [9.17, 15) is 9.59 Å². The van der Waals surface area contributed by atoms with Crippen LogP contribution in [0.5, 0.6) is 0 Å². The van der Waals surface area contributed by atoms with Crippen LogP contribution in [0.3, 0.4) is 0 Å². The van der Waals surface area contributed by atoms with E-state index in [-0.39, 0.29) is 12.0 Å². The quantitative estimate of drug-likeness (QED) is 0.783. The van der Waals surface area contributed by atoms with Crippen LogP contribution in [-0.2, 0) is 16.0 Å². The first-order valence-corrected chi connectivity index (χ1v) is 8.66. The molecule has 0 N–H and O–H groups in total. The molecule has 0 bridgehead atoms. The number of aromatic nitrogens is 4. The zero-order valence-electron chi connectivity index (χ0n) is 14.7. The lowest BCUT2D eigenvalue weighted by Gasteiger charge is -2.35. The van der Waals surface area contributed by atoms with Gasteiger partial charge in [-0.1, -0.05) is 30.3 Å². The second-order valence-electron chi connectivity index (χ2n) is 6.01. The third-order valence-corrected chi connectivity index (χ3v) is 4.36. The van der Waals surface area contributed by atoms with E-state index in [0.717, 1.165) is 5.56 Å². The number of benzene rings is 1. The molecular formula is C17H22N6O3. The molecular weight excluding hydrogens is 336 g/mol. The van der Waals surface area contributed by atoms with Crippen molar-refractivity contribution >= 4 is 12.0 Å². The molecule has 0 radical (unpaired) electrons. The van der Waals surface area contributed by atoms with Gasteiger partial charge in [-0.15, -0.1) is 5.10 Å². The number of ether oxygens (including phenoxy) is 1. The van der Waals surface area contributed by atoms with Crippen molar-refractivity contribution in [2.45, 2.75) is 19.4 Å². The Labute approximate surface area is 151 Å². The monoisotopic (exact) mass is 358 g/mol. The van der Waals surface area contributed by atoms with Gasteiger partial charge in [-0.25, -0.2) is 9.48 Å². The first-order valence-electron chi connectivity index (χ1n) is 8.66. The molecule has 0 spiro atoms. The van der Waals surface area contributed by atoms with Crippen LogP contribution in [0.4, 0.5) is 4.79 Å². The topological polar surface area (TPSA) is 93.5 Å². The summed E-state index contributed by atoms with van der Waals surface area (Å²) >= 11 is 0. The van der Waals surface area contributed by atoms with Crippen molar-refractivity contribution in [2.24, 2.45) is 0 Å². The van der Waals surface area contributed by atoms with Crippen LogP contribution in [0.25, 0.3) is 0 Å². The van der Waals surface area contributed by atoms with Gasteiger partial charge in [0.1, 0.15) is 12.4 Å². The summed E-state index contributed by atoms with van der Waals surface area (Å²) in [6.07, 6.45) is 1.63. The number of carbonyl (C=O) groups is 2. The van der Waals surface area contributed by atoms with E-state index >= 15 is 0 Å². The molecule has 1 aliphatic heterocycles. The van der Waals surface area contributed by atoms with Crippen molar-refractivity contribution in [1.82, 2.24) is 30.0 Å². The fraction of sp³-hybridized carbons (Fsp3) is 0.471. The average molecular weight is 358 g/mol. The summed E-state index contributed by atoms with van der Waals surface area (Å²) in [7, 11) is 0. The lowest BCUT2D eigenvalue weighted by Crippen LogP contribution is -2.52. The van der Waals surface area contributed by atoms with Gasteiger partial charge in [-0.2, -0.15) is 0 Å². The fourth-order valence-electron chi connectivity index (χ4n) is 2.98. The van der Waals surface area contributed by atoms with Crippen molar-refractivity contribution in [3.05, 3.63) is 42.2 Å². The fourth-order valence-corrected chi connectivity index (χ4v) is 2.98. The molecule has 3 rings (SSSR count). The summed E-state index contributed by atoms with van der Waals surface area (Å²) in [6, 6.07) is 9.25. The minimum Gasteiger partial charge on any atom is -0.450 e. The normalized spacial score (nSPS) is 15.6. The number of carbonyl (C=O) groups excluding carboxylic acids is 2. The maximum atomic E-state index is 13.1. The van der Waals surface area contributed by atoms with Gasteiger partial charge in [0.05, 0.1) is 6.61 Å². The molecule has 0 unspecified atom stereocenters. The number of hydrogen-bond donors (Lipinski definition) is 0. The Morgan fingerprint density at radius 1 is 1.12 bits per heavy atom. The molecule has 1 aromatic heterocycles. The SMILES string of the molecule is CCOC(=O)N1CCN(C(=O)[C@@H](Cc2ccccc2)n2cnnn2)CC1. The molecule has 1 atom stereocenters. The van der Waals surface area contributed by atoms with Crippen molar-refractivity contribution in [3.63, 3.8) is 0 Å². The highest BCUT2D eigenvalue weighted by molar-refractivity contribution is 5.81. The summed E-state index contributed by atoms with van der Waals surface area (Å²) in [6.45, 7) is 3.96. The van der Waals surface area contributed by atoms with E-state index in [1.54, 1.807) is 16.7 Å². The van der Waals surface area contributed by atoms with Crippen LogP contribution in [0.15, 0.2) is 36.7 Å². The summed E-state index contributed by atoms with van der Waals surface area (Å²) in [5.74, 6) is -0.0512. The zero-order valence-corrected chi connectivity index (χ0v) is 14.7. The van der Waals surface area contributed by atoms with Gasteiger partial charge in [-0.3, -0.25) is 4.79 Å². The van der Waals surface area contributed by atoms with Crippen LogP contribution in [0.2, 0.25) is 0 Å². The number of piperazine rings is 1. The van der Waals surface area contributed by atoms with Gasteiger partial charge in [0.15, 0.2) is 0 Å². The molecule has 1 fully saturated rings. The van der Waals surface area contributed by atoms with Gasteiger partial charge in [0, 0.05) is 32.6 Å². The summed E-state index contributed by atoms with van der Waals surface area (Å²) in [5.41, 5.74) is 1.03. The standard InChI is InChI=1S/C17H22N6O3/c1-2-26-17(25)22-10-8-21(9-11-22)16(24)15(23-13-18-19-20-23)12-14-6-4-3-5-7-14/h3-7,13,15H,2,8-12H2,1H3/t15-/m1/s1. The number of rotatable bonds is 5. The summed E-state index contributed by atoms with van der Waals surface area (Å²) in [5, 5.41) is 11.2. The minimum absolute atomic E-state index is 0.0512. The molecule has 1 aliphatic rings. The van der Waals surface area contributed by atoms with E-state index < -0.39 is 6.04 Å². The van der Waals surface area contributed by atoms with Crippen LogP contribution in [-0.4, -0.2) is 74.8 Å². The number of amides is 2. The van der Waals surface area contributed by atoms with Crippen molar-refractivity contribution < 1.29 is 14.3 Å². The van der Waals surface area contributed by atoms with Gasteiger partial charge in [-0.05, 0) is 22.9 Å². The maximum absolute atomic E-state index is 13.1. The Bertz CT molecular complexity index is 713. The first-order chi connectivity index (χ1) is 12.7. The van der Waals surface area contributed by atoms with Gasteiger partial charge < -0.3 is 14.5 Å². The number of nitrogens with zero attached hydrogens (tertiary/aromatic N) is 6. The van der Waals surface area contributed by atoms with E-state index in [4.69, 9.17) is 4.74 Å². The van der Waals surface area contributed by atoms with E-state index in [1.807, 2.05) is 30.3 Å². The number of hydrogen-bond acceptors (Lipinski definition) is 6. The first kappa shape index (κ1) is 17.8. The molecule has 9 heteroatoms. The molecule has 2 amide bonds. The van der Waals surface area contributed by atoms with Crippen molar-refractivity contribution in [3.8, 4) is 0 Å². The van der Waals surface area contributed by atoms with E-state index in [1.165, 1.54) is 11.0 Å². The van der Waals surface area contributed by atoms with Crippen molar-refractivity contribution in [2.75, 3.05) is 32.8 Å². The van der Waals surface area contributed by atoms with Gasteiger partial charge in [0.2, 0.25) is 5.91 Å². The molecule has 2 aromatic rings. The second kappa shape index (κ2) is 8.41. The Hall–Kier alpha value is -2.97. The van der Waals surface area contributed by atoms with Crippen LogP contribution < -0.4 is 0 Å². The van der Waals surface area contributed by atoms with Crippen LogP contribution in [0.1, 0.15) is 18.5 Å². The number of tetrazole rings is 1. The molecule has 138 valence electrons. The molecule has 2 heterocycles. The van der Waals surface area contributed by atoms with Crippen molar-refractivity contribution in [1.29, 1.82) is 0 Å². The van der Waals surface area contributed by atoms with Gasteiger partial charge in [0.25, 0.3) is 0 Å². The molecule has 0 saturated carbocycles. The Morgan fingerprint density at radius 2 is 1.81 bits per heavy atom. The van der Waals surface area contributed by atoms with Crippen LogP contribution >= 0.6 is 0 Å². The highest BCUT2D eigenvalue weighted by Crippen LogP contribution is 2.17. The Kier molecular flexibility index (Phi) is 5.77. The Balaban J connectivity index is 1.68. The largest absolute Gasteiger partial charge is 0.450 e. The van der Waals surface area contributed by atoms with E-state index in [0.29, 0.717) is 39.2 Å². The third-order valence-electron chi connectivity index (χ3n) is 4.36. The molecule has 0 aliphatic carbocycles. The maximum Gasteiger partial charge on any atom is 0.409 e. The minimum atomic E-state index is -0.512. The summed E-state index contributed by atoms with van der Waals surface area (Å²) in [4.78, 5) is 28.3. The second-order valence-corrected chi connectivity index (χ2v) is 6.01. The lowest BCUT2D eigenvalue weighted by atomic mass is 10.0. The Morgan fingerprint density at radius 3 is 2.42 bits per heavy atom. The van der Waals surface area contributed by atoms with Crippen LogP contribution in [0, 0.1) is 0 Å². The molecule has 1 aromatic carbocycles. The smallest absolute Gasteiger partial charge is 0.409 e.